The van der Waals surface area contributed by atoms with Gasteiger partial charge in [-0.3, -0.25) is 4.68 Å². The Balaban J connectivity index is 1.88. The van der Waals surface area contributed by atoms with Crippen LogP contribution in [0.5, 0.6) is 0 Å². The van der Waals surface area contributed by atoms with E-state index in [0.717, 1.165) is 12.0 Å². The highest BCUT2D eigenvalue weighted by Gasteiger charge is 2.27. The molecule has 1 aromatic rings. The van der Waals surface area contributed by atoms with Crippen LogP contribution in [0.15, 0.2) is 12.4 Å². The topological polar surface area (TPSA) is 59.4 Å². The molecule has 2 heterocycles. The van der Waals surface area contributed by atoms with Gasteiger partial charge in [0.25, 0.3) is 0 Å². The number of rotatable bonds is 4. The predicted molar refractivity (Wildman–Crippen MR) is 76.2 cm³/mol. The van der Waals surface area contributed by atoms with Gasteiger partial charge in [0.1, 0.15) is 0 Å². The summed E-state index contributed by atoms with van der Waals surface area (Å²) >= 11 is 0. The van der Waals surface area contributed by atoms with Crippen molar-refractivity contribution in [1.82, 2.24) is 20.0 Å². The van der Waals surface area contributed by atoms with Gasteiger partial charge in [-0.2, -0.15) is 5.10 Å². The van der Waals surface area contributed by atoms with Crippen LogP contribution in [0, 0.1) is 5.92 Å². The Morgan fingerprint density at radius 3 is 3.05 bits per heavy atom. The van der Waals surface area contributed by atoms with E-state index in [4.69, 9.17) is 4.74 Å². The Labute approximate surface area is 120 Å². The van der Waals surface area contributed by atoms with Crippen LogP contribution in [-0.2, 0) is 18.3 Å². The molecular formula is C14H24N4O2. The maximum Gasteiger partial charge on any atom is 0.318 e. The SMILES string of the molecule is CC(C)C[C@H]1COCCN1C(=O)NCc1cnn(C)c1. The van der Waals surface area contributed by atoms with Crippen LogP contribution < -0.4 is 5.32 Å². The minimum atomic E-state index is -0.0113. The fraction of sp³-hybridized carbons (Fsp3) is 0.714. The van der Waals surface area contributed by atoms with E-state index in [1.807, 2.05) is 18.1 Å². The normalized spacial score (nSPS) is 19.4. The van der Waals surface area contributed by atoms with Crippen LogP contribution in [0.4, 0.5) is 4.79 Å². The Bertz CT molecular complexity index is 444. The summed E-state index contributed by atoms with van der Waals surface area (Å²) in [5.41, 5.74) is 1.01. The highest BCUT2D eigenvalue weighted by Crippen LogP contribution is 2.15. The number of nitrogens with one attached hydrogen (secondary N) is 1. The summed E-state index contributed by atoms with van der Waals surface area (Å²) in [6, 6.07) is 0.167. The van der Waals surface area contributed by atoms with E-state index in [9.17, 15) is 4.79 Å². The molecule has 0 spiro atoms. The first-order chi connectivity index (χ1) is 9.56. The molecule has 6 nitrogen and oxygen atoms in total. The second kappa shape index (κ2) is 6.74. The summed E-state index contributed by atoms with van der Waals surface area (Å²) in [5, 5.41) is 7.06. The number of aryl methyl sites for hydroxylation is 1. The van der Waals surface area contributed by atoms with Crippen molar-refractivity contribution in [1.29, 1.82) is 0 Å². The van der Waals surface area contributed by atoms with Gasteiger partial charge >= 0.3 is 6.03 Å². The van der Waals surface area contributed by atoms with Crippen molar-refractivity contribution in [3.8, 4) is 0 Å². The molecule has 0 radical (unpaired) electrons. The van der Waals surface area contributed by atoms with Crippen molar-refractivity contribution in [3.05, 3.63) is 18.0 Å². The standard InChI is InChI=1S/C14H24N4O2/c1-11(2)6-13-10-20-5-4-18(13)14(19)15-7-12-8-16-17(3)9-12/h8-9,11,13H,4-7,10H2,1-3H3,(H,15,19)/t13-/m0/s1. The molecule has 1 N–H and O–H groups in total. The second-order valence-corrected chi connectivity index (χ2v) is 5.73. The molecule has 1 fully saturated rings. The third-order valence-corrected chi connectivity index (χ3v) is 3.43. The lowest BCUT2D eigenvalue weighted by Gasteiger charge is -2.36. The molecule has 1 saturated heterocycles. The highest BCUT2D eigenvalue weighted by molar-refractivity contribution is 5.74. The Hall–Kier alpha value is -1.56. The first-order valence-corrected chi connectivity index (χ1v) is 7.16. The zero-order chi connectivity index (χ0) is 14.5. The number of amides is 2. The Morgan fingerprint density at radius 2 is 2.40 bits per heavy atom. The Morgan fingerprint density at radius 1 is 1.60 bits per heavy atom. The van der Waals surface area contributed by atoms with Gasteiger partial charge in [-0.1, -0.05) is 13.8 Å². The molecule has 1 aliphatic heterocycles. The van der Waals surface area contributed by atoms with E-state index < -0.39 is 0 Å². The number of aromatic nitrogens is 2. The molecule has 0 bridgehead atoms. The lowest BCUT2D eigenvalue weighted by atomic mass is 10.0. The van der Waals surface area contributed by atoms with Crippen molar-refractivity contribution >= 4 is 6.03 Å². The zero-order valence-electron chi connectivity index (χ0n) is 12.5. The molecule has 1 aromatic heterocycles. The minimum absolute atomic E-state index is 0.0113. The van der Waals surface area contributed by atoms with E-state index in [1.54, 1.807) is 10.9 Å². The van der Waals surface area contributed by atoms with Gasteiger partial charge in [-0.05, 0) is 12.3 Å². The van der Waals surface area contributed by atoms with Crippen LogP contribution in [0.25, 0.3) is 0 Å². The van der Waals surface area contributed by atoms with E-state index in [2.05, 4.69) is 24.3 Å². The molecular weight excluding hydrogens is 256 g/mol. The van der Waals surface area contributed by atoms with Crippen molar-refractivity contribution in [2.45, 2.75) is 32.9 Å². The number of hydrogen-bond donors (Lipinski definition) is 1. The zero-order valence-corrected chi connectivity index (χ0v) is 12.5. The molecule has 6 heteroatoms. The third kappa shape index (κ3) is 3.96. The average molecular weight is 280 g/mol. The van der Waals surface area contributed by atoms with Gasteiger partial charge < -0.3 is 15.0 Å². The van der Waals surface area contributed by atoms with Crippen LogP contribution in [-0.4, -0.2) is 46.5 Å². The summed E-state index contributed by atoms with van der Waals surface area (Å²) in [6.45, 7) is 6.77. The van der Waals surface area contributed by atoms with Gasteiger partial charge in [0.15, 0.2) is 0 Å². The fourth-order valence-electron chi connectivity index (χ4n) is 2.50. The maximum absolute atomic E-state index is 12.3. The number of urea groups is 1. The van der Waals surface area contributed by atoms with Crippen molar-refractivity contribution in [2.24, 2.45) is 13.0 Å². The number of ether oxygens (including phenoxy) is 1. The quantitative estimate of drug-likeness (QED) is 0.906. The largest absolute Gasteiger partial charge is 0.377 e. The molecule has 0 aliphatic carbocycles. The van der Waals surface area contributed by atoms with Gasteiger partial charge in [-0.25, -0.2) is 4.79 Å². The second-order valence-electron chi connectivity index (χ2n) is 5.73. The number of nitrogens with zero attached hydrogens (tertiary/aromatic N) is 3. The first kappa shape index (κ1) is 14.8. The van der Waals surface area contributed by atoms with Crippen molar-refractivity contribution < 1.29 is 9.53 Å². The number of morpholine rings is 1. The molecule has 20 heavy (non-hydrogen) atoms. The molecule has 1 atom stereocenters. The summed E-state index contributed by atoms with van der Waals surface area (Å²) in [7, 11) is 1.87. The molecule has 2 amide bonds. The number of carbonyl (C=O) groups is 1. The predicted octanol–water partition coefficient (Wildman–Crippen LogP) is 1.38. The summed E-state index contributed by atoms with van der Waals surface area (Å²) in [6.07, 6.45) is 4.65. The van der Waals surface area contributed by atoms with Crippen LogP contribution in [0.3, 0.4) is 0 Å². The van der Waals surface area contributed by atoms with Crippen molar-refractivity contribution in [3.63, 3.8) is 0 Å². The van der Waals surface area contributed by atoms with Crippen LogP contribution >= 0.6 is 0 Å². The molecule has 112 valence electrons. The number of carbonyl (C=O) groups excluding carboxylic acids is 1. The van der Waals surface area contributed by atoms with E-state index in [-0.39, 0.29) is 12.1 Å². The molecule has 0 aromatic carbocycles. The van der Waals surface area contributed by atoms with Crippen molar-refractivity contribution in [2.75, 3.05) is 19.8 Å². The minimum Gasteiger partial charge on any atom is -0.377 e. The van der Waals surface area contributed by atoms with Gasteiger partial charge in [0, 0.05) is 31.9 Å². The van der Waals surface area contributed by atoms with Crippen LogP contribution in [0.1, 0.15) is 25.8 Å². The lowest BCUT2D eigenvalue weighted by Crippen LogP contribution is -2.52. The first-order valence-electron chi connectivity index (χ1n) is 7.16. The summed E-state index contributed by atoms with van der Waals surface area (Å²) in [5.74, 6) is 0.551. The molecule has 1 aliphatic rings. The monoisotopic (exact) mass is 280 g/mol. The van der Waals surface area contributed by atoms with Gasteiger partial charge in [-0.15, -0.1) is 0 Å². The summed E-state index contributed by atoms with van der Waals surface area (Å²) < 4.78 is 7.23. The molecule has 2 rings (SSSR count). The Kier molecular flexibility index (Phi) is 5.00. The van der Waals surface area contributed by atoms with Crippen LogP contribution in [0.2, 0.25) is 0 Å². The fourth-order valence-corrected chi connectivity index (χ4v) is 2.50. The van der Waals surface area contributed by atoms with Gasteiger partial charge in [0.2, 0.25) is 0 Å². The van der Waals surface area contributed by atoms with Gasteiger partial charge in [0.05, 0.1) is 25.5 Å². The lowest BCUT2D eigenvalue weighted by molar-refractivity contribution is 0.00551. The molecule has 0 unspecified atom stereocenters. The van der Waals surface area contributed by atoms with E-state index in [1.165, 1.54) is 0 Å². The van der Waals surface area contributed by atoms with E-state index in [0.29, 0.717) is 32.2 Å². The smallest absolute Gasteiger partial charge is 0.318 e. The summed E-state index contributed by atoms with van der Waals surface area (Å²) in [4.78, 5) is 14.2. The average Bonchev–Trinajstić information content (AvgIpc) is 2.82. The number of hydrogen-bond acceptors (Lipinski definition) is 3. The molecule has 0 saturated carbocycles. The highest BCUT2D eigenvalue weighted by atomic mass is 16.5. The third-order valence-electron chi connectivity index (χ3n) is 3.43. The maximum atomic E-state index is 12.3. The van der Waals surface area contributed by atoms with E-state index >= 15 is 0 Å².